The fourth-order valence-electron chi connectivity index (χ4n) is 2.31. The van der Waals surface area contributed by atoms with Crippen molar-refractivity contribution in [2.24, 2.45) is 0 Å². The highest BCUT2D eigenvalue weighted by atomic mass is 19.4. The van der Waals surface area contributed by atoms with Gasteiger partial charge in [0.2, 0.25) is 0 Å². The van der Waals surface area contributed by atoms with Gasteiger partial charge in [0.05, 0.1) is 11.1 Å². The molecule has 0 spiro atoms. The van der Waals surface area contributed by atoms with E-state index in [2.05, 4.69) is 10.3 Å². The van der Waals surface area contributed by atoms with E-state index in [0.29, 0.717) is 11.1 Å². The minimum absolute atomic E-state index is 0.0490. The van der Waals surface area contributed by atoms with Crippen LogP contribution in [-0.4, -0.2) is 4.98 Å². The van der Waals surface area contributed by atoms with Crippen molar-refractivity contribution in [2.45, 2.75) is 13.1 Å². The Balaban J connectivity index is 2.09. The maximum absolute atomic E-state index is 13.1. The fraction of sp³-hybridized carbons (Fsp3) is 0.118. The van der Waals surface area contributed by atoms with E-state index in [1.54, 1.807) is 12.1 Å². The third-order valence-electron chi connectivity index (χ3n) is 3.41. The summed E-state index contributed by atoms with van der Waals surface area (Å²) in [7, 11) is 0. The number of pyridine rings is 1. The third kappa shape index (κ3) is 2.74. The van der Waals surface area contributed by atoms with Crippen LogP contribution in [0.4, 0.5) is 24.5 Å². The van der Waals surface area contributed by atoms with Crippen LogP contribution >= 0.6 is 0 Å². The first-order valence-electron chi connectivity index (χ1n) is 6.74. The van der Waals surface area contributed by atoms with Crippen LogP contribution in [0.25, 0.3) is 10.9 Å². The van der Waals surface area contributed by atoms with Gasteiger partial charge in [-0.15, -0.1) is 0 Å². The van der Waals surface area contributed by atoms with Gasteiger partial charge in [-0.3, -0.25) is 4.98 Å². The standard InChI is InChI=1S/C17H13F3N2/c1-11-5-7-12(8-6-11)22-15-9-10-21-16-13(15)3-2-4-14(16)17(18,19)20/h2-10H,1H3,(H,21,22). The van der Waals surface area contributed by atoms with Gasteiger partial charge in [0.15, 0.2) is 0 Å². The molecule has 1 aromatic heterocycles. The highest BCUT2D eigenvalue weighted by molar-refractivity contribution is 5.94. The zero-order valence-corrected chi connectivity index (χ0v) is 11.8. The van der Waals surface area contributed by atoms with Crippen LogP contribution in [0.2, 0.25) is 0 Å². The first kappa shape index (κ1) is 14.4. The number of hydrogen-bond donors (Lipinski definition) is 1. The predicted octanol–water partition coefficient (Wildman–Crippen LogP) is 5.31. The highest BCUT2D eigenvalue weighted by Crippen LogP contribution is 2.36. The Kier molecular flexibility index (Phi) is 3.48. The Morgan fingerprint density at radius 3 is 2.36 bits per heavy atom. The number of fused-ring (bicyclic) bond motifs is 1. The van der Waals surface area contributed by atoms with E-state index >= 15 is 0 Å². The van der Waals surface area contributed by atoms with E-state index in [1.807, 2.05) is 31.2 Å². The van der Waals surface area contributed by atoms with Crippen LogP contribution < -0.4 is 5.32 Å². The number of para-hydroxylation sites is 1. The molecule has 0 saturated heterocycles. The number of nitrogens with zero attached hydrogens (tertiary/aromatic N) is 1. The summed E-state index contributed by atoms with van der Waals surface area (Å²) in [4.78, 5) is 3.90. The molecule has 0 saturated carbocycles. The molecule has 0 aliphatic heterocycles. The lowest BCUT2D eigenvalue weighted by Crippen LogP contribution is -2.06. The number of anilines is 2. The second-order valence-corrected chi connectivity index (χ2v) is 5.05. The molecule has 0 aliphatic carbocycles. The number of benzene rings is 2. The van der Waals surface area contributed by atoms with Gasteiger partial charge in [0.1, 0.15) is 0 Å². The van der Waals surface area contributed by atoms with Crippen molar-refractivity contribution in [1.29, 1.82) is 0 Å². The second kappa shape index (κ2) is 5.33. The molecule has 0 aliphatic rings. The molecule has 3 rings (SSSR count). The molecule has 0 atom stereocenters. The molecule has 0 bridgehead atoms. The number of aromatic nitrogens is 1. The van der Waals surface area contributed by atoms with Gasteiger partial charge in [-0.05, 0) is 31.2 Å². The number of nitrogens with one attached hydrogen (secondary N) is 1. The highest BCUT2D eigenvalue weighted by Gasteiger charge is 2.33. The molecule has 2 aromatic carbocycles. The molecule has 2 nitrogen and oxygen atoms in total. The Hall–Kier alpha value is -2.56. The zero-order valence-electron chi connectivity index (χ0n) is 11.8. The van der Waals surface area contributed by atoms with Crippen LogP contribution in [0.1, 0.15) is 11.1 Å². The van der Waals surface area contributed by atoms with Crippen LogP contribution in [-0.2, 0) is 6.18 Å². The molecule has 5 heteroatoms. The summed E-state index contributed by atoms with van der Waals surface area (Å²) in [6.07, 6.45) is -3.04. The molecule has 0 amide bonds. The van der Waals surface area contributed by atoms with E-state index in [0.717, 1.165) is 17.3 Å². The van der Waals surface area contributed by atoms with E-state index in [1.165, 1.54) is 12.3 Å². The smallest absolute Gasteiger partial charge is 0.355 e. The fourth-order valence-corrected chi connectivity index (χ4v) is 2.31. The molecule has 22 heavy (non-hydrogen) atoms. The lowest BCUT2D eigenvalue weighted by Gasteiger charge is -2.13. The number of halogens is 3. The first-order valence-corrected chi connectivity index (χ1v) is 6.74. The van der Waals surface area contributed by atoms with Gasteiger partial charge in [0, 0.05) is 23.0 Å². The minimum atomic E-state index is -4.42. The topological polar surface area (TPSA) is 24.9 Å². The van der Waals surface area contributed by atoms with Gasteiger partial charge < -0.3 is 5.32 Å². The Bertz CT molecular complexity index is 808. The van der Waals surface area contributed by atoms with Crippen molar-refractivity contribution in [2.75, 3.05) is 5.32 Å². The number of aryl methyl sites for hydroxylation is 1. The average Bonchev–Trinajstić information content (AvgIpc) is 2.48. The molecule has 0 unspecified atom stereocenters. The summed E-state index contributed by atoms with van der Waals surface area (Å²) in [5, 5.41) is 3.59. The van der Waals surface area contributed by atoms with Crippen LogP contribution in [0.15, 0.2) is 54.7 Å². The summed E-state index contributed by atoms with van der Waals surface area (Å²) < 4.78 is 39.2. The normalized spacial score (nSPS) is 11.6. The van der Waals surface area contributed by atoms with Gasteiger partial charge in [-0.2, -0.15) is 13.2 Å². The maximum Gasteiger partial charge on any atom is 0.418 e. The maximum atomic E-state index is 13.1. The molecule has 0 fully saturated rings. The van der Waals surface area contributed by atoms with Crippen molar-refractivity contribution in [3.05, 3.63) is 65.9 Å². The Labute approximate surface area is 125 Å². The van der Waals surface area contributed by atoms with E-state index in [-0.39, 0.29) is 5.52 Å². The monoisotopic (exact) mass is 302 g/mol. The summed E-state index contributed by atoms with van der Waals surface area (Å²) >= 11 is 0. The van der Waals surface area contributed by atoms with E-state index in [4.69, 9.17) is 0 Å². The van der Waals surface area contributed by atoms with Crippen molar-refractivity contribution < 1.29 is 13.2 Å². The van der Waals surface area contributed by atoms with Gasteiger partial charge in [-0.1, -0.05) is 29.8 Å². The molecular formula is C17H13F3N2. The van der Waals surface area contributed by atoms with E-state index in [9.17, 15) is 13.2 Å². The number of rotatable bonds is 2. The number of alkyl halides is 3. The first-order chi connectivity index (χ1) is 10.4. The van der Waals surface area contributed by atoms with Crippen molar-refractivity contribution in [1.82, 2.24) is 4.98 Å². The largest absolute Gasteiger partial charge is 0.418 e. The van der Waals surface area contributed by atoms with Crippen molar-refractivity contribution in [3.63, 3.8) is 0 Å². The quantitative estimate of drug-likeness (QED) is 0.694. The number of hydrogen-bond acceptors (Lipinski definition) is 2. The minimum Gasteiger partial charge on any atom is -0.355 e. The molecule has 1 N–H and O–H groups in total. The Morgan fingerprint density at radius 1 is 0.955 bits per heavy atom. The predicted molar refractivity (Wildman–Crippen MR) is 81.2 cm³/mol. The SMILES string of the molecule is Cc1ccc(Nc2ccnc3c(C(F)(F)F)cccc23)cc1. The molecule has 3 aromatic rings. The summed E-state index contributed by atoms with van der Waals surface area (Å²) in [5.41, 5.74) is 1.75. The van der Waals surface area contributed by atoms with Crippen LogP contribution in [0.5, 0.6) is 0 Å². The third-order valence-corrected chi connectivity index (χ3v) is 3.41. The zero-order chi connectivity index (χ0) is 15.7. The molecule has 1 heterocycles. The molecule has 0 radical (unpaired) electrons. The van der Waals surface area contributed by atoms with Gasteiger partial charge in [0.25, 0.3) is 0 Å². The summed E-state index contributed by atoms with van der Waals surface area (Å²) in [6, 6.07) is 13.4. The van der Waals surface area contributed by atoms with Crippen molar-refractivity contribution in [3.8, 4) is 0 Å². The summed E-state index contributed by atoms with van der Waals surface area (Å²) in [6.45, 7) is 1.97. The lowest BCUT2D eigenvalue weighted by atomic mass is 10.1. The Morgan fingerprint density at radius 2 is 1.68 bits per heavy atom. The van der Waals surface area contributed by atoms with Crippen LogP contribution in [0.3, 0.4) is 0 Å². The molecular weight excluding hydrogens is 289 g/mol. The van der Waals surface area contributed by atoms with Gasteiger partial charge in [-0.25, -0.2) is 0 Å². The lowest BCUT2D eigenvalue weighted by molar-refractivity contribution is -0.136. The summed E-state index contributed by atoms with van der Waals surface area (Å²) in [5.74, 6) is 0. The van der Waals surface area contributed by atoms with Gasteiger partial charge >= 0.3 is 6.18 Å². The van der Waals surface area contributed by atoms with Crippen LogP contribution in [0, 0.1) is 6.92 Å². The average molecular weight is 302 g/mol. The van der Waals surface area contributed by atoms with E-state index < -0.39 is 11.7 Å². The molecule has 112 valence electrons. The second-order valence-electron chi connectivity index (χ2n) is 5.05. The van der Waals surface area contributed by atoms with Crippen molar-refractivity contribution >= 4 is 22.3 Å².